The Kier molecular flexibility index (Phi) is 4.43. The Morgan fingerprint density at radius 3 is 3.08 bits per heavy atom. The van der Waals surface area contributed by atoms with Gasteiger partial charge in [0, 0.05) is 25.0 Å². The Morgan fingerprint density at radius 2 is 2.46 bits per heavy atom. The SMILES string of the molecule is C[C@H](NCCCO)c1cccnc1. The molecule has 1 aromatic heterocycles. The van der Waals surface area contributed by atoms with E-state index in [1.807, 2.05) is 18.3 Å². The van der Waals surface area contributed by atoms with Crippen LogP contribution in [0.25, 0.3) is 0 Å². The van der Waals surface area contributed by atoms with E-state index in [1.54, 1.807) is 6.20 Å². The van der Waals surface area contributed by atoms with Crippen LogP contribution in [0.3, 0.4) is 0 Å². The van der Waals surface area contributed by atoms with Gasteiger partial charge in [-0.05, 0) is 31.5 Å². The highest BCUT2D eigenvalue weighted by molar-refractivity contribution is 5.12. The number of pyridine rings is 1. The van der Waals surface area contributed by atoms with Crippen LogP contribution in [0.5, 0.6) is 0 Å². The van der Waals surface area contributed by atoms with Crippen molar-refractivity contribution in [3.05, 3.63) is 30.1 Å². The van der Waals surface area contributed by atoms with Gasteiger partial charge in [-0.2, -0.15) is 0 Å². The van der Waals surface area contributed by atoms with Crippen LogP contribution in [0.1, 0.15) is 24.9 Å². The number of aliphatic hydroxyl groups excluding tert-OH is 1. The molecule has 0 spiro atoms. The predicted octanol–water partition coefficient (Wildman–Crippen LogP) is 1.11. The highest BCUT2D eigenvalue weighted by Crippen LogP contribution is 2.08. The van der Waals surface area contributed by atoms with Gasteiger partial charge in [0.05, 0.1) is 0 Å². The van der Waals surface area contributed by atoms with Gasteiger partial charge < -0.3 is 10.4 Å². The lowest BCUT2D eigenvalue weighted by Gasteiger charge is -2.12. The van der Waals surface area contributed by atoms with E-state index in [9.17, 15) is 0 Å². The molecule has 0 saturated heterocycles. The average Bonchev–Trinajstić information content (AvgIpc) is 2.19. The van der Waals surface area contributed by atoms with Crippen molar-refractivity contribution in [2.24, 2.45) is 0 Å². The summed E-state index contributed by atoms with van der Waals surface area (Å²) in [4.78, 5) is 4.04. The van der Waals surface area contributed by atoms with Crippen molar-refractivity contribution in [2.75, 3.05) is 13.2 Å². The molecule has 1 aromatic rings. The summed E-state index contributed by atoms with van der Waals surface area (Å²) in [5.41, 5.74) is 1.18. The number of aliphatic hydroxyl groups is 1. The van der Waals surface area contributed by atoms with Crippen molar-refractivity contribution in [2.45, 2.75) is 19.4 Å². The van der Waals surface area contributed by atoms with E-state index in [4.69, 9.17) is 5.11 Å². The van der Waals surface area contributed by atoms with E-state index in [-0.39, 0.29) is 6.61 Å². The Labute approximate surface area is 78.8 Å². The molecule has 3 heteroatoms. The fraction of sp³-hybridized carbons (Fsp3) is 0.500. The molecule has 0 saturated carbocycles. The summed E-state index contributed by atoms with van der Waals surface area (Å²) in [7, 11) is 0. The Morgan fingerprint density at radius 1 is 1.62 bits per heavy atom. The van der Waals surface area contributed by atoms with Crippen LogP contribution in [-0.2, 0) is 0 Å². The lowest BCUT2D eigenvalue weighted by molar-refractivity contribution is 0.284. The van der Waals surface area contributed by atoms with Gasteiger partial charge in [0.25, 0.3) is 0 Å². The summed E-state index contributed by atoms with van der Waals surface area (Å²) in [5, 5.41) is 11.9. The minimum absolute atomic E-state index is 0.243. The van der Waals surface area contributed by atoms with Crippen molar-refractivity contribution >= 4 is 0 Å². The molecule has 0 fully saturated rings. The predicted molar refractivity (Wildman–Crippen MR) is 52.4 cm³/mol. The third kappa shape index (κ3) is 3.53. The molecule has 0 aromatic carbocycles. The Bertz CT molecular complexity index is 226. The van der Waals surface area contributed by atoms with Gasteiger partial charge in [-0.25, -0.2) is 0 Å². The molecule has 1 rings (SSSR count). The number of hydrogen-bond donors (Lipinski definition) is 2. The second-order valence-electron chi connectivity index (χ2n) is 3.04. The first kappa shape index (κ1) is 10.2. The monoisotopic (exact) mass is 180 g/mol. The zero-order chi connectivity index (χ0) is 9.52. The number of nitrogens with one attached hydrogen (secondary N) is 1. The maximum absolute atomic E-state index is 8.60. The van der Waals surface area contributed by atoms with Crippen LogP contribution in [0.2, 0.25) is 0 Å². The van der Waals surface area contributed by atoms with E-state index in [2.05, 4.69) is 17.2 Å². The maximum atomic E-state index is 8.60. The number of nitrogens with zero attached hydrogens (tertiary/aromatic N) is 1. The first-order chi connectivity index (χ1) is 6.34. The molecule has 0 unspecified atom stereocenters. The summed E-state index contributed by atoms with van der Waals surface area (Å²) < 4.78 is 0. The zero-order valence-corrected chi connectivity index (χ0v) is 7.90. The van der Waals surface area contributed by atoms with Gasteiger partial charge in [0.2, 0.25) is 0 Å². The molecule has 3 nitrogen and oxygen atoms in total. The van der Waals surface area contributed by atoms with Crippen LogP contribution >= 0.6 is 0 Å². The number of aromatic nitrogens is 1. The van der Waals surface area contributed by atoms with Crippen LogP contribution < -0.4 is 5.32 Å². The smallest absolute Gasteiger partial charge is 0.0443 e. The standard InChI is InChI=1S/C10H16N2O/c1-9(12-6-3-7-13)10-4-2-5-11-8-10/h2,4-5,8-9,12-13H,3,6-7H2,1H3/t9-/m0/s1. The Hall–Kier alpha value is -0.930. The summed E-state index contributed by atoms with van der Waals surface area (Å²) in [6, 6.07) is 4.28. The van der Waals surface area contributed by atoms with Crippen molar-refractivity contribution in [3.8, 4) is 0 Å². The van der Waals surface area contributed by atoms with Crippen LogP contribution in [0.4, 0.5) is 0 Å². The molecule has 0 bridgehead atoms. The molecule has 1 heterocycles. The quantitative estimate of drug-likeness (QED) is 0.667. The lowest BCUT2D eigenvalue weighted by atomic mass is 10.1. The summed E-state index contributed by atoms with van der Waals surface area (Å²) in [6.07, 6.45) is 4.42. The van der Waals surface area contributed by atoms with E-state index < -0.39 is 0 Å². The highest BCUT2D eigenvalue weighted by atomic mass is 16.3. The van der Waals surface area contributed by atoms with E-state index in [0.29, 0.717) is 6.04 Å². The van der Waals surface area contributed by atoms with Gasteiger partial charge in [0.1, 0.15) is 0 Å². The van der Waals surface area contributed by atoms with Crippen molar-refractivity contribution in [1.29, 1.82) is 0 Å². The van der Waals surface area contributed by atoms with Crippen LogP contribution in [-0.4, -0.2) is 23.2 Å². The molecular formula is C10H16N2O. The molecule has 2 N–H and O–H groups in total. The van der Waals surface area contributed by atoms with E-state index in [0.717, 1.165) is 13.0 Å². The van der Waals surface area contributed by atoms with E-state index in [1.165, 1.54) is 5.56 Å². The van der Waals surface area contributed by atoms with Gasteiger partial charge in [-0.3, -0.25) is 4.98 Å². The third-order valence-corrected chi connectivity index (χ3v) is 1.97. The van der Waals surface area contributed by atoms with Gasteiger partial charge in [-0.15, -0.1) is 0 Å². The largest absolute Gasteiger partial charge is 0.396 e. The van der Waals surface area contributed by atoms with Crippen LogP contribution in [0, 0.1) is 0 Å². The third-order valence-electron chi connectivity index (χ3n) is 1.97. The first-order valence-corrected chi connectivity index (χ1v) is 4.58. The lowest BCUT2D eigenvalue weighted by Crippen LogP contribution is -2.20. The summed E-state index contributed by atoms with van der Waals surface area (Å²) >= 11 is 0. The molecule has 0 aliphatic heterocycles. The van der Waals surface area contributed by atoms with Crippen molar-refractivity contribution in [3.63, 3.8) is 0 Å². The zero-order valence-electron chi connectivity index (χ0n) is 7.90. The number of hydrogen-bond acceptors (Lipinski definition) is 3. The highest BCUT2D eigenvalue weighted by Gasteiger charge is 2.02. The van der Waals surface area contributed by atoms with E-state index >= 15 is 0 Å². The van der Waals surface area contributed by atoms with Crippen molar-refractivity contribution in [1.82, 2.24) is 10.3 Å². The molecular weight excluding hydrogens is 164 g/mol. The minimum atomic E-state index is 0.243. The summed E-state index contributed by atoms with van der Waals surface area (Å²) in [5.74, 6) is 0. The molecule has 0 amide bonds. The first-order valence-electron chi connectivity index (χ1n) is 4.58. The van der Waals surface area contributed by atoms with Gasteiger partial charge in [-0.1, -0.05) is 6.07 Å². The molecule has 0 aliphatic carbocycles. The molecule has 0 aliphatic rings. The molecule has 0 radical (unpaired) electrons. The van der Waals surface area contributed by atoms with Gasteiger partial charge in [0.15, 0.2) is 0 Å². The Balaban J connectivity index is 2.35. The topological polar surface area (TPSA) is 45.1 Å². The fourth-order valence-corrected chi connectivity index (χ4v) is 1.15. The molecule has 13 heavy (non-hydrogen) atoms. The second-order valence-corrected chi connectivity index (χ2v) is 3.04. The van der Waals surface area contributed by atoms with Crippen LogP contribution in [0.15, 0.2) is 24.5 Å². The number of rotatable bonds is 5. The second kappa shape index (κ2) is 5.67. The van der Waals surface area contributed by atoms with Gasteiger partial charge >= 0.3 is 0 Å². The molecule has 1 atom stereocenters. The fourth-order valence-electron chi connectivity index (χ4n) is 1.15. The molecule has 72 valence electrons. The minimum Gasteiger partial charge on any atom is -0.396 e. The summed E-state index contributed by atoms with van der Waals surface area (Å²) in [6.45, 7) is 3.17. The maximum Gasteiger partial charge on any atom is 0.0443 e. The average molecular weight is 180 g/mol. The normalized spacial score (nSPS) is 12.8. The van der Waals surface area contributed by atoms with Crippen molar-refractivity contribution < 1.29 is 5.11 Å².